The lowest BCUT2D eigenvalue weighted by atomic mass is 10.0. The number of nitrogens with zero attached hydrogens (tertiary/aromatic N) is 5. The van der Waals surface area contributed by atoms with Gasteiger partial charge in [-0.2, -0.15) is 18.4 Å². The highest BCUT2D eigenvalue weighted by atomic mass is 35.5. The molecule has 0 saturated heterocycles. The van der Waals surface area contributed by atoms with Gasteiger partial charge < -0.3 is 10.6 Å². The second-order valence-electron chi connectivity index (χ2n) is 10.4. The SMILES string of the molecule is N#Cc1cnc2c(N[C@@H](c3ccc(F)cc3)c3cn(C4CC4)nn3)cc(Cl)cc2c1NC(CC(F)(F)F)c1ccccc1. The Hall–Kier alpha value is -4.69. The van der Waals surface area contributed by atoms with Crippen molar-refractivity contribution in [2.45, 2.75) is 43.6 Å². The fourth-order valence-electron chi connectivity index (χ4n) is 5.04. The monoisotopic (exact) mass is 605 g/mol. The molecule has 2 atom stereocenters. The zero-order valence-corrected chi connectivity index (χ0v) is 23.2. The van der Waals surface area contributed by atoms with Crippen LogP contribution in [0.1, 0.15) is 59.8 Å². The summed E-state index contributed by atoms with van der Waals surface area (Å²) in [6, 6.07) is 17.9. The zero-order chi connectivity index (χ0) is 30.1. The standard InChI is InChI=1S/C31H24ClF4N7/c32-21-12-24-28(40-26(14-31(34,35)36)18-4-2-1-3-5-18)20(15-37)16-38-30(24)25(13-21)39-29(19-6-8-22(33)9-7-19)27-17-43(42-41-27)23-10-11-23/h1-9,12-13,16-17,23,26,29,39H,10-11,14H2,(H,38,40)/t26?,29-/m0/s1. The van der Waals surface area contributed by atoms with Crippen molar-refractivity contribution >= 4 is 33.9 Å². The molecule has 5 aromatic rings. The summed E-state index contributed by atoms with van der Waals surface area (Å²) in [6.45, 7) is 0. The molecule has 1 aliphatic rings. The molecular formula is C31H24ClF4N7. The third-order valence-electron chi connectivity index (χ3n) is 7.26. The Balaban J connectivity index is 1.45. The Bertz CT molecular complexity index is 1800. The molecular weight excluding hydrogens is 582 g/mol. The number of anilines is 2. The molecule has 6 rings (SSSR count). The van der Waals surface area contributed by atoms with E-state index in [1.807, 2.05) is 12.3 Å². The second kappa shape index (κ2) is 11.5. The summed E-state index contributed by atoms with van der Waals surface area (Å²) in [5.74, 6) is -0.398. The number of hydrogen-bond acceptors (Lipinski definition) is 6. The van der Waals surface area contributed by atoms with Gasteiger partial charge >= 0.3 is 6.18 Å². The molecule has 1 aliphatic carbocycles. The Morgan fingerprint density at radius 2 is 1.77 bits per heavy atom. The number of alkyl halides is 3. The highest BCUT2D eigenvalue weighted by Gasteiger charge is 2.33. The van der Waals surface area contributed by atoms with Crippen LogP contribution in [0.5, 0.6) is 0 Å². The average Bonchev–Trinajstić information content (AvgIpc) is 3.72. The molecule has 0 radical (unpaired) electrons. The molecule has 2 N–H and O–H groups in total. The quantitative estimate of drug-likeness (QED) is 0.165. The van der Waals surface area contributed by atoms with Gasteiger partial charge in [0, 0.05) is 16.6 Å². The molecule has 1 fully saturated rings. The van der Waals surface area contributed by atoms with Gasteiger partial charge in [-0.1, -0.05) is 59.3 Å². The highest BCUT2D eigenvalue weighted by Crippen LogP contribution is 2.40. The Kier molecular flexibility index (Phi) is 7.62. The number of nitriles is 1. The smallest absolute Gasteiger partial charge is 0.376 e. The summed E-state index contributed by atoms with van der Waals surface area (Å²) in [7, 11) is 0. The van der Waals surface area contributed by atoms with Crippen molar-refractivity contribution in [2.24, 2.45) is 0 Å². The number of pyridine rings is 1. The van der Waals surface area contributed by atoms with Crippen LogP contribution in [0.2, 0.25) is 5.02 Å². The maximum absolute atomic E-state index is 13.8. The van der Waals surface area contributed by atoms with E-state index in [1.165, 1.54) is 18.3 Å². The summed E-state index contributed by atoms with van der Waals surface area (Å²) < 4.78 is 56.7. The molecule has 1 unspecified atom stereocenters. The largest absolute Gasteiger partial charge is 0.391 e. The molecule has 3 aromatic carbocycles. The topological polar surface area (TPSA) is 91.5 Å². The minimum atomic E-state index is -4.48. The van der Waals surface area contributed by atoms with Crippen LogP contribution in [-0.2, 0) is 0 Å². The molecule has 7 nitrogen and oxygen atoms in total. The van der Waals surface area contributed by atoms with Crippen LogP contribution in [0.25, 0.3) is 10.9 Å². The first-order valence-corrected chi connectivity index (χ1v) is 13.9. The number of aromatic nitrogens is 4. The number of nitrogens with one attached hydrogen (secondary N) is 2. The number of hydrogen-bond donors (Lipinski definition) is 2. The van der Waals surface area contributed by atoms with Crippen LogP contribution >= 0.6 is 11.6 Å². The fraction of sp³-hybridized carbons (Fsp3) is 0.226. The average molecular weight is 606 g/mol. The van der Waals surface area contributed by atoms with E-state index in [4.69, 9.17) is 11.6 Å². The van der Waals surface area contributed by atoms with Crippen LogP contribution in [-0.4, -0.2) is 26.2 Å². The minimum Gasteiger partial charge on any atom is -0.376 e. The number of fused-ring (bicyclic) bond motifs is 1. The van der Waals surface area contributed by atoms with Gasteiger partial charge in [-0.25, -0.2) is 9.07 Å². The van der Waals surface area contributed by atoms with Gasteiger partial charge in [0.05, 0.1) is 53.2 Å². The molecule has 218 valence electrons. The molecule has 0 amide bonds. The first kappa shape index (κ1) is 28.4. The first-order chi connectivity index (χ1) is 20.7. The zero-order valence-electron chi connectivity index (χ0n) is 22.5. The van der Waals surface area contributed by atoms with Crippen LogP contribution in [0.15, 0.2) is 79.1 Å². The first-order valence-electron chi connectivity index (χ1n) is 13.5. The molecule has 0 spiro atoms. The third kappa shape index (κ3) is 6.39. The van der Waals surface area contributed by atoms with Crippen molar-refractivity contribution in [3.8, 4) is 6.07 Å². The van der Waals surface area contributed by atoms with Gasteiger partial charge in [0.15, 0.2) is 0 Å². The number of halogens is 5. The number of rotatable bonds is 9. The van der Waals surface area contributed by atoms with Crippen molar-refractivity contribution in [3.63, 3.8) is 0 Å². The van der Waals surface area contributed by atoms with Gasteiger partial charge in [0.25, 0.3) is 0 Å². The van der Waals surface area contributed by atoms with E-state index in [0.29, 0.717) is 33.4 Å². The Morgan fingerprint density at radius 3 is 2.44 bits per heavy atom. The fourth-order valence-corrected chi connectivity index (χ4v) is 5.26. The summed E-state index contributed by atoms with van der Waals surface area (Å²) in [4.78, 5) is 4.50. The van der Waals surface area contributed by atoms with Gasteiger partial charge in [0.1, 0.15) is 17.6 Å². The Morgan fingerprint density at radius 1 is 1.02 bits per heavy atom. The molecule has 1 saturated carbocycles. The molecule has 0 aliphatic heterocycles. The summed E-state index contributed by atoms with van der Waals surface area (Å²) in [5, 5.41) is 25.5. The van der Waals surface area contributed by atoms with Crippen LogP contribution in [0.4, 0.5) is 28.9 Å². The van der Waals surface area contributed by atoms with Gasteiger partial charge in [-0.05, 0) is 48.2 Å². The maximum atomic E-state index is 13.8. The van der Waals surface area contributed by atoms with E-state index in [0.717, 1.165) is 12.8 Å². The van der Waals surface area contributed by atoms with Crippen LogP contribution in [0, 0.1) is 17.1 Å². The van der Waals surface area contributed by atoms with E-state index >= 15 is 0 Å². The summed E-state index contributed by atoms with van der Waals surface area (Å²) >= 11 is 6.56. The highest BCUT2D eigenvalue weighted by molar-refractivity contribution is 6.32. The normalized spacial score (nSPS) is 14.7. The van der Waals surface area contributed by atoms with Gasteiger partial charge in [0.2, 0.25) is 0 Å². The molecule has 43 heavy (non-hydrogen) atoms. The lowest BCUT2D eigenvalue weighted by Gasteiger charge is -2.24. The van der Waals surface area contributed by atoms with Crippen LogP contribution < -0.4 is 10.6 Å². The van der Waals surface area contributed by atoms with E-state index in [9.17, 15) is 22.8 Å². The van der Waals surface area contributed by atoms with E-state index in [2.05, 4.69) is 25.9 Å². The molecule has 2 aromatic heterocycles. The number of benzene rings is 3. The van der Waals surface area contributed by atoms with Crippen molar-refractivity contribution in [1.29, 1.82) is 5.26 Å². The maximum Gasteiger partial charge on any atom is 0.391 e. The summed E-state index contributed by atoms with van der Waals surface area (Å²) in [5.41, 5.74) is 2.72. The van der Waals surface area contributed by atoms with Gasteiger partial charge in [-0.3, -0.25) is 4.98 Å². The van der Waals surface area contributed by atoms with E-state index < -0.39 is 30.5 Å². The molecule has 2 heterocycles. The van der Waals surface area contributed by atoms with Crippen molar-refractivity contribution < 1.29 is 17.6 Å². The van der Waals surface area contributed by atoms with Crippen molar-refractivity contribution in [1.82, 2.24) is 20.0 Å². The minimum absolute atomic E-state index is 0.0614. The summed E-state index contributed by atoms with van der Waals surface area (Å²) in [6.07, 6.45) is -0.476. The predicted octanol–water partition coefficient (Wildman–Crippen LogP) is 8.13. The molecule has 12 heteroatoms. The Labute approximate surface area is 249 Å². The predicted molar refractivity (Wildman–Crippen MR) is 155 cm³/mol. The third-order valence-corrected chi connectivity index (χ3v) is 7.48. The van der Waals surface area contributed by atoms with E-state index in [1.54, 1.807) is 59.3 Å². The van der Waals surface area contributed by atoms with Crippen LogP contribution in [0.3, 0.4) is 0 Å². The van der Waals surface area contributed by atoms with E-state index in [-0.39, 0.29) is 22.3 Å². The molecule has 0 bridgehead atoms. The lowest BCUT2D eigenvalue weighted by Crippen LogP contribution is -2.21. The lowest BCUT2D eigenvalue weighted by molar-refractivity contribution is -0.137. The van der Waals surface area contributed by atoms with Crippen molar-refractivity contribution in [3.05, 3.63) is 112 Å². The van der Waals surface area contributed by atoms with Gasteiger partial charge in [-0.15, -0.1) is 5.10 Å². The van der Waals surface area contributed by atoms with Crippen molar-refractivity contribution in [2.75, 3.05) is 10.6 Å². The second-order valence-corrected chi connectivity index (χ2v) is 10.9.